The highest BCUT2D eigenvalue weighted by molar-refractivity contribution is 7.11. The van der Waals surface area contributed by atoms with Crippen molar-refractivity contribution < 1.29 is 4.79 Å². The van der Waals surface area contributed by atoms with Crippen molar-refractivity contribution in [3.63, 3.8) is 0 Å². The molecule has 1 aliphatic heterocycles. The van der Waals surface area contributed by atoms with Crippen LogP contribution in [0.25, 0.3) is 0 Å². The molecule has 0 aliphatic carbocycles. The van der Waals surface area contributed by atoms with Crippen molar-refractivity contribution in [1.82, 2.24) is 5.32 Å². The number of hydrogen-bond acceptors (Lipinski definition) is 3. The summed E-state index contributed by atoms with van der Waals surface area (Å²) in [6, 6.07) is 10.6. The van der Waals surface area contributed by atoms with E-state index in [0.717, 1.165) is 29.7 Å². The second-order valence-corrected chi connectivity index (χ2v) is 5.72. The Morgan fingerprint density at radius 3 is 2.94 bits per heavy atom. The first-order chi connectivity index (χ1) is 8.75. The topological polar surface area (TPSA) is 29.1 Å². The molecule has 0 radical (unpaired) electrons. The van der Waals surface area contributed by atoms with Crippen LogP contribution in [0.5, 0.6) is 0 Å². The van der Waals surface area contributed by atoms with Gasteiger partial charge in [-0.1, -0.05) is 24.3 Å². The van der Waals surface area contributed by atoms with Gasteiger partial charge in [0.2, 0.25) is 0 Å². The maximum Gasteiger partial charge on any atom is 0.160 e. The second-order valence-electron chi connectivity index (χ2n) is 4.78. The Hall–Kier alpha value is -1.45. The van der Waals surface area contributed by atoms with Crippen molar-refractivity contribution >= 4 is 17.6 Å². The van der Waals surface area contributed by atoms with Crippen molar-refractivity contribution in [2.24, 2.45) is 0 Å². The molecule has 0 fully saturated rings. The Bertz CT molecular complexity index is 590. The average molecular weight is 257 g/mol. The molecule has 1 unspecified atom stereocenters. The van der Waals surface area contributed by atoms with E-state index in [0.29, 0.717) is 0 Å². The summed E-state index contributed by atoms with van der Waals surface area (Å²) < 4.78 is 0. The maximum absolute atomic E-state index is 11.2. The Morgan fingerprint density at radius 1 is 1.28 bits per heavy atom. The summed E-state index contributed by atoms with van der Waals surface area (Å²) in [6.45, 7) is 3.11. The van der Waals surface area contributed by atoms with Crippen molar-refractivity contribution in [3.05, 3.63) is 57.3 Å². The summed E-state index contributed by atoms with van der Waals surface area (Å²) in [5.74, 6) is 0. The Kier molecular flexibility index (Phi) is 2.80. The first-order valence-corrected chi connectivity index (χ1v) is 7.00. The molecule has 92 valence electrons. The molecule has 1 aliphatic rings. The summed E-state index contributed by atoms with van der Waals surface area (Å²) in [4.78, 5) is 12.0. The summed E-state index contributed by atoms with van der Waals surface area (Å²) in [6.07, 6.45) is 2.01. The van der Waals surface area contributed by atoms with Gasteiger partial charge in [0.15, 0.2) is 6.29 Å². The van der Waals surface area contributed by atoms with Gasteiger partial charge in [-0.15, -0.1) is 11.3 Å². The van der Waals surface area contributed by atoms with Gasteiger partial charge in [-0.05, 0) is 41.5 Å². The zero-order valence-corrected chi connectivity index (χ0v) is 11.1. The van der Waals surface area contributed by atoms with Crippen LogP contribution >= 0.6 is 11.3 Å². The first kappa shape index (κ1) is 11.6. The van der Waals surface area contributed by atoms with E-state index < -0.39 is 0 Å². The van der Waals surface area contributed by atoms with Gasteiger partial charge in [-0.25, -0.2) is 0 Å². The summed E-state index contributed by atoms with van der Waals surface area (Å²) >= 11 is 1.51. The molecular weight excluding hydrogens is 242 g/mol. The molecule has 1 atom stereocenters. The molecule has 0 spiro atoms. The molecule has 0 amide bonds. The summed E-state index contributed by atoms with van der Waals surface area (Å²) in [7, 11) is 0. The average Bonchev–Trinajstić information content (AvgIpc) is 2.88. The maximum atomic E-state index is 11.2. The lowest BCUT2D eigenvalue weighted by Crippen LogP contribution is -2.46. The minimum Gasteiger partial charge on any atom is -0.304 e. The van der Waals surface area contributed by atoms with Crippen LogP contribution in [0.15, 0.2) is 35.7 Å². The van der Waals surface area contributed by atoms with E-state index in [9.17, 15) is 4.79 Å². The number of thiophene rings is 1. The smallest absolute Gasteiger partial charge is 0.160 e. The minimum absolute atomic E-state index is 0.245. The van der Waals surface area contributed by atoms with E-state index in [-0.39, 0.29) is 5.54 Å². The molecule has 2 aromatic rings. The lowest BCUT2D eigenvalue weighted by atomic mass is 9.79. The molecule has 0 saturated heterocycles. The summed E-state index contributed by atoms with van der Waals surface area (Å²) in [5.41, 5.74) is 3.51. The van der Waals surface area contributed by atoms with Gasteiger partial charge in [0.05, 0.1) is 10.4 Å². The van der Waals surface area contributed by atoms with Crippen LogP contribution in [0.2, 0.25) is 0 Å². The fourth-order valence-corrected chi connectivity index (χ4v) is 3.64. The molecule has 3 heteroatoms. The van der Waals surface area contributed by atoms with Crippen LogP contribution in [0.3, 0.4) is 0 Å². The largest absolute Gasteiger partial charge is 0.304 e. The number of benzene rings is 1. The standard InChI is InChI=1S/C15H15NOS/c1-15(13-7-9-18-14(13)10-17)12-5-3-2-4-11(12)6-8-16-15/h2-5,7,9-10,16H,6,8H2,1H3. The molecule has 1 N–H and O–H groups in total. The Morgan fingerprint density at radius 2 is 2.11 bits per heavy atom. The normalized spacial score (nSPS) is 22.5. The zero-order chi connectivity index (χ0) is 12.6. The van der Waals surface area contributed by atoms with Crippen molar-refractivity contribution in [2.45, 2.75) is 18.9 Å². The highest BCUT2D eigenvalue weighted by Crippen LogP contribution is 2.37. The zero-order valence-electron chi connectivity index (χ0n) is 10.3. The van der Waals surface area contributed by atoms with Crippen LogP contribution in [0, 0.1) is 0 Å². The molecule has 1 aromatic carbocycles. The first-order valence-electron chi connectivity index (χ1n) is 6.12. The van der Waals surface area contributed by atoms with Crippen LogP contribution in [-0.2, 0) is 12.0 Å². The second kappa shape index (κ2) is 4.34. The lowest BCUT2D eigenvalue weighted by Gasteiger charge is -2.37. The number of hydrogen-bond donors (Lipinski definition) is 1. The van der Waals surface area contributed by atoms with Gasteiger partial charge in [-0.3, -0.25) is 4.79 Å². The van der Waals surface area contributed by atoms with Gasteiger partial charge < -0.3 is 5.32 Å². The Labute approximate surface area is 111 Å². The van der Waals surface area contributed by atoms with Crippen LogP contribution < -0.4 is 5.32 Å². The van der Waals surface area contributed by atoms with Crippen molar-refractivity contribution in [1.29, 1.82) is 0 Å². The Balaban J connectivity index is 2.19. The number of fused-ring (bicyclic) bond motifs is 1. The van der Waals surface area contributed by atoms with Crippen LogP contribution in [0.1, 0.15) is 33.3 Å². The number of nitrogens with one attached hydrogen (secondary N) is 1. The van der Waals surface area contributed by atoms with E-state index in [1.54, 1.807) is 0 Å². The SMILES string of the molecule is CC1(c2ccsc2C=O)NCCc2ccccc21. The van der Waals surface area contributed by atoms with E-state index in [2.05, 4.69) is 42.6 Å². The third-order valence-corrected chi connectivity index (χ3v) is 4.61. The third kappa shape index (κ3) is 1.62. The molecule has 0 bridgehead atoms. The summed E-state index contributed by atoms with van der Waals surface area (Å²) in [5, 5.41) is 5.57. The molecule has 18 heavy (non-hydrogen) atoms. The lowest BCUT2D eigenvalue weighted by molar-refractivity contribution is 0.112. The van der Waals surface area contributed by atoms with Crippen LogP contribution in [0.4, 0.5) is 0 Å². The fourth-order valence-electron chi connectivity index (χ4n) is 2.83. The van der Waals surface area contributed by atoms with E-state index >= 15 is 0 Å². The minimum atomic E-state index is -0.245. The van der Waals surface area contributed by atoms with E-state index in [1.165, 1.54) is 22.5 Å². The number of carbonyl (C=O) groups excluding carboxylic acids is 1. The number of rotatable bonds is 2. The van der Waals surface area contributed by atoms with E-state index in [4.69, 9.17) is 0 Å². The predicted octanol–water partition coefficient (Wildman–Crippen LogP) is 2.97. The number of aldehydes is 1. The molecule has 2 heterocycles. The monoisotopic (exact) mass is 257 g/mol. The van der Waals surface area contributed by atoms with Crippen LogP contribution in [-0.4, -0.2) is 12.8 Å². The van der Waals surface area contributed by atoms with Gasteiger partial charge >= 0.3 is 0 Å². The quantitative estimate of drug-likeness (QED) is 0.838. The predicted molar refractivity (Wildman–Crippen MR) is 74.3 cm³/mol. The molecule has 1 aromatic heterocycles. The third-order valence-electron chi connectivity index (χ3n) is 3.77. The highest BCUT2D eigenvalue weighted by atomic mass is 32.1. The number of carbonyl (C=O) groups is 1. The molecular formula is C15H15NOS. The van der Waals surface area contributed by atoms with E-state index in [1.807, 2.05) is 5.38 Å². The molecule has 0 saturated carbocycles. The van der Waals surface area contributed by atoms with Crippen molar-refractivity contribution in [2.75, 3.05) is 6.54 Å². The van der Waals surface area contributed by atoms with Gasteiger partial charge in [-0.2, -0.15) is 0 Å². The van der Waals surface area contributed by atoms with Gasteiger partial charge in [0.25, 0.3) is 0 Å². The molecule has 3 rings (SSSR count). The fraction of sp³-hybridized carbons (Fsp3) is 0.267. The highest BCUT2D eigenvalue weighted by Gasteiger charge is 2.35. The molecule has 2 nitrogen and oxygen atoms in total. The van der Waals surface area contributed by atoms with Gasteiger partial charge in [0, 0.05) is 6.54 Å². The van der Waals surface area contributed by atoms with Gasteiger partial charge in [0.1, 0.15) is 0 Å². The van der Waals surface area contributed by atoms with Crippen molar-refractivity contribution in [3.8, 4) is 0 Å².